The second-order valence-corrected chi connectivity index (χ2v) is 8.09. The van der Waals surface area contributed by atoms with Gasteiger partial charge in [0.15, 0.2) is 0 Å². The van der Waals surface area contributed by atoms with Gasteiger partial charge >= 0.3 is 6.09 Å². The van der Waals surface area contributed by atoms with Gasteiger partial charge in [0.25, 0.3) is 0 Å². The molecule has 1 aromatic heterocycles. The number of halogens is 1. The summed E-state index contributed by atoms with van der Waals surface area (Å²) in [6, 6.07) is 19.1. The molecule has 2 heterocycles. The maximum absolute atomic E-state index is 11.0. The van der Waals surface area contributed by atoms with Gasteiger partial charge in [-0.15, -0.1) is 0 Å². The molecule has 140 valence electrons. The molecule has 27 heavy (non-hydrogen) atoms. The molecule has 0 radical (unpaired) electrons. The van der Waals surface area contributed by atoms with Crippen LogP contribution in [0.4, 0.5) is 4.79 Å². The van der Waals surface area contributed by atoms with E-state index in [0.717, 1.165) is 17.6 Å². The molecule has 0 spiro atoms. The van der Waals surface area contributed by atoms with Crippen molar-refractivity contribution in [1.29, 1.82) is 0 Å². The highest BCUT2D eigenvalue weighted by atomic mass is 79.9. The van der Waals surface area contributed by atoms with Crippen LogP contribution in [0.25, 0.3) is 10.9 Å². The number of hydrogen-bond donors (Lipinski definition) is 2. The molecule has 4 rings (SSSR count). The Bertz CT molecular complexity index is 970. The minimum absolute atomic E-state index is 0.156. The zero-order valence-electron chi connectivity index (χ0n) is 15.1. The number of fused-ring (bicyclic) bond motifs is 3. The van der Waals surface area contributed by atoms with Gasteiger partial charge in [-0.2, -0.15) is 0 Å². The van der Waals surface area contributed by atoms with Crippen molar-refractivity contribution < 1.29 is 9.90 Å². The smallest absolute Gasteiger partial charge is 0.404 e. The monoisotopic (exact) mass is 427 g/mol. The van der Waals surface area contributed by atoms with Crippen molar-refractivity contribution in [3.8, 4) is 0 Å². The van der Waals surface area contributed by atoms with Crippen LogP contribution >= 0.6 is 15.9 Å². The Morgan fingerprint density at radius 3 is 2.78 bits per heavy atom. The Morgan fingerprint density at radius 2 is 2.04 bits per heavy atom. The molecule has 6 heteroatoms. The third kappa shape index (κ3) is 3.59. The average Bonchev–Trinajstić information content (AvgIpc) is 3.15. The molecule has 0 fully saturated rings. The highest BCUT2D eigenvalue weighted by Gasteiger charge is 2.36. The van der Waals surface area contributed by atoms with Crippen LogP contribution in [-0.2, 0) is 13.1 Å². The number of carboxylic acid groups (broad SMARTS) is 1. The summed E-state index contributed by atoms with van der Waals surface area (Å²) in [5, 5.41) is 12.9. The largest absolute Gasteiger partial charge is 0.465 e. The second-order valence-electron chi connectivity index (χ2n) is 7.17. The van der Waals surface area contributed by atoms with E-state index < -0.39 is 6.09 Å². The van der Waals surface area contributed by atoms with E-state index in [1.165, 1.54) is 22.2 Å². The first kappa shape index (κ1) is 18.1. The quantitative estimate of drug-likeness (QED) is 0.631. The molecule has 1 aliphatic rings. The number of benzene rings is 2. The summed E-state index contributed by atoms with van der Waals surface area (Å²) in [6.07, 6.45) is -0.968. The predicted molar refractivity (Wildman–Crippen MR) is 110 cm³/mol. The van der Waals surface area contributed by atoms with Crippen molar-refractivity contribution in [2.45, 2.75) is 19.1 Å². The van der Waals surface area contributed by atoms with Crippen LogP contribution in [0.2, 0.25) is 0 Å². The maximum Gasteiger partial charge on any atom is 0.404 e. The minimum atomic E-state index is -0.968. The van der Waals surface area contributed by atoms with Crippen LogP contribution in [0.1, 0.15) is 17.3 Å². The minimum Gasteiger partial charge on any atom is -0.465 e. The van der Waals surface area contributed by atoms with E-state index in [1.54, 1.807) is 0 Å². The van der Waals surface area contributed by atoms with Gasteiger partial charge in [0.2, 0.25) is 0 Å². The Morgan fingerprint density at radius 1 is 1.26 bits per heavy atom. The molecule has 2 aromatic carbocycles. The van der Waals surface area contributed by atoms with Crippen LogP contribution in [0.15, 0.2) is 59.1 Å². The number of carbonyl (C=O) groups is 1. The zero-order valence-corrected chi connectivity index (χ0v) is 16.7. The average molecular weight is 428 g/mol. The molecule has 2 N–H and O–H groups in total. The van der Waals surface area contributed by atoms with Gasteiger partial charge in [-0.3, -0.25) is 4.90 Å². The van der Waals surface area contributed by atoms with Gasteiger partial charge in [-0.25, -0.2) is 4.79 Å². The molecule has 5 nitrogen and oxygen atoms in total. The molecule has 0 saturated heterocycles. The standard InChI is InChI=1S/C21H22BrN3O2/c1-24(12-14-5-3-2-4-6-14)20-16(11-23-21(26)27)13-25-18-8-7-17(22)9-15(18)10-19(20)25/h2-10,16,20,23H,11-13H2,1H3,(H,26,27)/t16-,20-/m0/s1. The van der Waals surface area contributed by atoms with Gasteiger partial charge in [-0.1, -0.05) is 46.3 Å². The summed E-state index contributed by atoms with van der Waals surface area (Å²) in [7, 11) is 2.12. The fraction of sp³-hybridized carbons (Fsp3) is 0.286. The lowest BCUT2D eigenvalue weighted by atomic mass is 9.98. The van der Waals surface area contributed by atoms with Crippen molar-refractivity contribution in [2.24, 2.45) is 5.92 Å². The number of rotatable bonds is 5. The fourth-order valence-corrected chi connectivity index (χ4v) is 4.62. The summed E-state index contributed by atoms with van der Waals surface area (Å²) in [5.41, 5.74) is 3.70. The first-order chi connectivity index (χ1) is 13.0. The normalized spacial score (nSPS) is 18.8. The predicted octanol–water partition coefficient (Wildman–Crippen LogP) is 4.47. The summed E-state index contributed by atoms with van der Waals surface area (Å²) < 4.78 is 3.40. The Balaban J connectivity index is 1.68. The molecule has 0 unspecified atom stereocenters. The lowest BCUT2D eigenvalue weighted by molar-refractivity contribution is 0.167. The molecular formula is C21H22BrN3O2. The lowest BCUT2D eigenvalue weighted by Crippen LogP contribution is -2.35. The van der Waals surface area contributed by atoms with Crippen LogP contribution in [-0.4, -0.2) is 34.3 Å². The summed E-state index contributed by atoms with van der Waals surface area (Å²) in [6.45, 7) is 2.07. The zero-order chi connectivity index (χ0) is 19.0. The molecule has 0 aliphatic carbocycles. The van der Waals surface area contributed by atoms with Crippen molar-refractivity contribution >= 4 is 32.9 Å². The molecule has 0 saturated carbocycles. The lowest BCUT2D eigenvalue weighted by Gasteiger charge is -2.29. The topological polar surface area (TPSA) is 57.5 Å². The first-order valence-electron chi connectivity index (χ1n) is 9.02. The molecule has 0 bridgehead atoms. The molecule has 3 aromatic rings. The fourth-order valence-electron chi connectivity index (χ4n) is 4.24. The summed E-state index contributed by atoms with van der Waals surface area (Å²) in [5.74, 6) is 0.192. The number of hydrogen-bond acceptors (Lipinski definition) is 2. The van der Waals surface area contributed by atoms with E-state index in [1.807, 2.05) is 6.07 Å². The number of nitrogens with zero attached hydrogens (tertiary/aromatic N) is 2. The van der Waals surface area contributed by atoms with E-state index in [0.29, 0.717) is 6.54 Å². The third-order valence-corrected chi connectivity index (χ3v) is 5.82. The van der Waals surface area contributed by atoms with Crippen LogP contribution in [0.5, 0.6) is 0 Å². The SMILES string of the molecule is CN(Cc1ccccc1)[C@@H]1c2cc3cc(Br)ccc3n2C[C@@H]1CNC(=O)O. The first-order valence-corrected chi connectivity index (χ1v) is 9.82. The van der Waals surface area contributed by atoms with Crippen LogP contribution in [0.3, 0.4) is 0 Å². The molecule has 1 amide bonds. The van der Waals surface area contributed by atoms with E-state index >= 15 is 0 Å². The third-order valence-electron chi connectivity index (χ3n) is 5.33. The Labute approximate surface area is 166 Å². The van der Waals surface area contributed by atoms with Gasteiger partial charge in [0.05, 0.1) is 6.04 Å². The molecular weight excluding hydrogens is 406 g/mol. The second kappa shape index (κ2) is 7.37. The number of amides is 1. The van der Waals surface area contributed by atoms with E-state index in [-0.39, 0.29) is 12.0 Å². The Hall–Kier alpha value is -2.31. The van der Waals surface area contributed by atoms with Crippen molar-refractivity contribution in [3.63, 3.8) is 0 Å². The van der Waals surface area contributed by atoms with Crippen LogP contribution < -0.4 is 5.32 Å². The summed E-state index contributed by atoms with van der Waals surface area (Å²) in [4.78, 5) is 13.4. The number of nitrogens with one attached hydrogen (secondary N) is 1. The van der Waals surface area contributed by atoms with Gasteiger partial charge in [-0.05, 0) is 36.9 Å². The van der Waals surface area contributed by atoms with Crippen molar-refractivity contribution in [1.82, 2.24) is 14.8 Å². The molecule has 2 atom stereocenters. The van der Waals surface area contributed by atoms with Crippen molar-refractivity contribution in [3.05, 3.63) is 70.3 Å². The van der Waals surface area contributed by atoms with Crippen molar-refractivity contribution in [2.75, 3.05) is 13.6 Å². The van der Waals surface area contributed by atoms with E-state index in [2.05, 4.69) is 86.3 Å². The van der Waals surface area contributed by atoms with Crippen LogP contribution in [0, 0.1) is 5.92 Å². The van der Waals surface area contributed by atoms with E-state index in [9.17, 15) is 4.79 Å². The Kier molecular flexibility index (Phi) is 4.93. The van der Waals surface area contributed by atoms with Gasteiger partial charge in [0, 0.05) is 46.6 Å². The highest BCUT2D eigenvalue weighted by Crippen LogP contribution is 2.40. The summed E-state index contributed by atoms with van der Waals surface area (Å²) >= 11 is 3.55. The highest BCUT2D eigenvalue weighted by molar-refractivity contribution is 9.10. The maximum atomic E-state index is 11.0. The van der Waals surface area contributed by atoms with Gasteiger partial charge < -0.3 is 15.0 Å². The van der Waals surface area contributed by atoms with E-state index in [4.69, 9.17) is 5.11 Å². The molecule has 1 aliphatic heterocycles. The van der Waals surface area contributed by atoms with Gasteiger partial charge in [0.1, 0.15) is 0 Å². The number of aromatic nitrogens is 1.